The van der Waals surface area contributed by atoms with Gasteiger partial charge in [-0.05, 0) is 24.6 Å². The third kappa shape index (κ3) is 4.15. The Morgan fingerprint density at radius 1 is 1.32 bits per heavy atom. The van der Waals surface area contributed by atoms with Crippen LogP contribution in [0.4, 0.5) is 14.6 Å². The van der Waals surface area contributed by atoms with E-state index in [-0.39, 0.29) is 30.3 Å². The number of hydrogen-bond donors (Lipinski definition) is 0. The van der Waals surface area contributed by atoms with Gasteiger partial charge in [-0.15, -0.1) is 5.11 Å². The molecule has 22 heavy (non-hydrogen) atoms. The van der Waals surface area contributed by atoms with Crippen LogP contribution in [-0.4, -0.2) is 16.6 Å². The molecule has 0 radical (unpaired) electrons. The van der Waals surface area contributed by atoms with Gasteiger partial charge in [-0.3, -0.25) is 0 Å². The summed E-state index contributed by atoms with van der Waals surface area (Å²) in [4.78, 5) is 7.48. The lowest BCUT2D eigenvalue weighted by Crippen LogP contribution is -1.99. The fourth-order valence-corrected chi connectivity index (χ4v) is 1.56. The smallest absolute Gasteiger partial charge is 0.318 e. The average molecular weight is 304 g/mol. The van der Waals surface area contributed by atoms with Crippen molar-refractivity contribution in [3.8, 4) is 6.01 Å². The molecule has 0 saturated heterocycles. The average Bonchev–Trinajstić information content (AvgIpc) is 2.53. The van der Waals surface area contributed by atoms with Gasteiger partial charge >= 0.3 is 6.01 Å². The summed E-state index contributed by atoms with van der Waals surface area (Å²) in [7, 11) is 0. The van der Waals surface area contributed by atoms with Crippen LogP contribution in [0, 0.1) is 11.6 Å². The van der Waals surface area contributed by atoms with Crippen molar-refractivity contribution in [3.05, 3.63) is 60.3 Å². The van der Waals surface area contributed by atoms with Crippen LogP contribution in [0.5, 0.6) is 6.01 Å². The summed E-state index contributed by atoms with van der Waals surface area (Å²) < 4.78 is 31.6. The predicted octanol–water partition coefficient (Wildman–Crippen LogP) is 4.16. The van der Waals surface area contributed by atoms with E-state index in [1.807, 2.05) is 0 Å². The predicted molar refractivity (Wildman–Crippen MR) is 77.0 cm³/mol. The highest BCUT2D eigenvalue weighted by Crippen LogP contribution is 2.22. The van der Waals surface area contributed by atoms with E-state index in [1.165, 1.54) is 18.2 Å². The monoisotopic (exact) mass is 304 g/mol. The van der Waals surface area contributed by atoms with Crippen LogP contribution in [0.25, 0.3) is 0 Å². The van der Waals surface area contributed by atoms with E-state index >= 15 is 0 Å². The minimum Gasteiger partial charge on any atom is -0.459 e. The lowest BCUT2D eigenvalue weighted by atomic mass is 10.1. The Labute approximate surface area is 126 Å². The van der Waals surface area contributed by atoms with Gasteiger partial charge in [0.05, 0.1) is 12.2 Å². The Morgan fingerprint density at radius 2 is 2.05 bits per heavy atom. The molecule has 0 N–H and O–H groups in total. The standard InChI is InChI=1S/C15H14F2N4O/c1-3-8-22-15-18-9-13(17)14(19-15)21-20-10(2)11-4-6-12(16)7-5-11/h3-7,9-10H,1,8H2,2H3. The minimum absolute atomic E-state index is 0.00955. The molecule has 7 heteroatoms. The first kappa shape index (κ1) is 15.7. The Hall–Kier alpha value is -2.70. The molecular formula is C15H14F2N4O. The lowest BCUT2D eigenvalue weighted by molar-refractivity contribution is 0.331. The molecule has 114 valence electrons. The summed E-state index contributed by atoms with van der Waals surface area (Å²) >= 11 is 0. The van der Waals surface area contributed by atoms with Crippen LogP contribution in [-0.2, 0) is 0 Å². The third-order valence-corrected chi connectivity index (χ3v) is 2.71. The zero-order chi connectivity index (χ0) is 15.9. The topological polar surface area (TPSA) is 59.7 Å². The van der Waals surface area contributed by atoms with Crippen LogP contribution < -0.4 is 4.74 Å². The first-order chi connectivity index (χ1) is 10.6. The van der Waals surface area contributed by atoms with Gasteiger partial charge in [-0.2, -0.15) is 10.1 Å². The van der Waals surface area contributed by atoms with Crippen LogP contribution >= 0.6 is 0 Å². The molecule has 1 aromatic carbocycles. The lowest BCUT2D eigenvalue weighted by Gasteiger charge is -2.05. The molecule has 0 bridgehead atoms. The normalized spacial score (nSPS) is 12.3. The van der Waals surface area contributed by atoms with E-state index in [1.54, 1.807) is 19.1 Å². The Bertz CT molecular complexity index is 674. The number of rotatable bonds is 6. The molecule has 5 nitrogen and oxygen atoms in total. The van der Waals surface area contributed by atoms with Gasteiger partial charge in [0.1, 0.15) is 12.4 Å². The first-order valence-electron chi connectivity index (χ1n) is 6.52. The number of ether oxygens (including phenoxy) is 1. The van der Waals surface area contributed by atoms with E-state index in [2.05, 4.69) is 26.8 Å². The molecule has 1 atom stereocenters. The second kappa shape index (κ2) is 7.35. The molecule has 0 aliphatic rings. The van der Waals surface area contributed by atoms with Gasteiger partial charge in [0.15, 0.2) is 5.82 Å². The zero-order valence-corrected chi connectivity index (χ0v) is 11.9. The van der Waals surface area contributed by atoms with Gasteiger partial charge in [-0.25, -0.2) is 13.8 Å². The maximum absolute atomic E-state index is 13.6. The molecule has 0 fully saturated rings. The van der Waals surface area contributed by atoms with Crippen molar-refractivity contribution >= 4 is 5.82 Å². The van der Waals surface area contributed by atoms with Crippen molar-refractivity contribution in [2.24, 2.45) is 10.2 Å². The number of halogens is 2. The second-order valence-corrected chi connectivity index (χ2v) is 4.37. The highest BCUT2D eigenvalue weighted by Gasteiger charge is 2.09. The van der Waals surface area contributed by atoms with Crippen molar-refractivity contribution in [1.82, 2.24) is 9.97 Å². The fourth-order valence-electron chi connectivity index (χ4n) is 1.56. The van der Waals surface area contributed by atoms with Crippen LogP contribution in [0.1, 0.15) is 18.5 Å². The molecule has 1 unspecified atom stereocenters. The minimum atomic E-state index is -0.707. The summed E-state index contributed by atoms with van der Waals surface area (Å²) in [5, 5.41) is 7.75. The van der Waals surface area contributed by atoms with Crippen molar-refractivity contribution in [3.63, 3.8) is 0 Å². The molecule has 0 spiro atoms. The van der Waals surface area contributed by atoms with Crippen molar-refractivity contribution < 1.29 is 13.5 Å². The number of hydrogen-bond acceptors (Lipinski definition) is 5. The van der Waals surface area contributed by atoms with Gasteiger partial charge in [0.2, 0.25) is 5.82 Å². The number of benzene rings is 1. The fraction of sp³-hybridized carbons (Fsp3) is 0.200. The van der Waals surface area contributed by atoms with E-state index < -0.39 is 5.82 Å². The first-order valence-corrected chi connectivity index (χ1v) is 6.52. The van der Waals surface area contributed by atoms with E-state index in [9.17, 15) is 8.78 Å². The SMILES string of the molecule is C=CCOc1ncc(F)c(N=NC(C)c2ccc(F)cc2)n1. The third-order valence-electron chi connectivity index (χ3n) is 2.71. The van der Waals surface area contributed by atoms with Gasteiger partial charge in [0.25, 0.3) is 0 Å². The van der Waals surface area contributed by atoms with Crippen LogP contribution in [0.3, 0.4) is 0 Å². The second-order valence-electron chi connectivity index (χ2n) is 4.37. The molecule has 1 aromatic heterocycles. The Kier molecular flexibility index (Phi) is 5.24. The number of nitrogens with zero attached hydrogens (tertiary/aromatic N) is 4. The number of aromatic nitrogens is 2. The summed E-state index contributed by atoms with van der Waals surface area (Å²) in [6, 6.07) is 5.46. The van der Waals surface area contributed by atoms with Crippen LogP contribution in [0.15, 0.2) is 53.3 Å². The van der Waals surface area contributed by atoms with Gasteiger partial charge in [0, 0.05) is 0 Å². The maximum atomic E-state index is 13.6. The summed E-state index contributed by atoms with van der Waals surface area (Å²) in [5.41, 5.74) is 0.753. The largest absolute Gasteiger partial charge is 0.459 e. The molecular weight excluding hydrogens is 290 g/mol. The van der Waals surface area contributed by atoms with E-state index in [0.717, 1.165) is 11.8 Å². The van der Waals surface area contributed by atoms with Crippen molar-refractivity contribution in [2.75, 3.05) is 6.61 Å². The summed E-state index contributed by atoms with van der Waals surface area (Å²) in [5.74, 6) is -1.26. The van der Waals surface area contributed by atoms with Crippen molar-refractivity contribution in [2.45, 2.75) is 13.0 Å². The molecule has 0 amide bonds. The summed E-state index contributed by atoms with van der Waals surface area (Å²) in [6.45, 7) is 5.45. The highest BCUT2D eigenvalue weighted by molar-refractivity contribution is 5.28. The molecule has 2 aromatic rings. The van der Waals surface area contributed by atoms with E-state index in [4.69, 9.17) is 4.74 Å². The molecule has 0 aliphatic carbocycles. The maximum Gasteiger partial charge on any atom is 0.318 e. The van der Waals surface area contributed by atoms with E-state index in [0.29, 0.717) is 0 Å². The van der Waals surface area contributed by atoms with Gasteiger partial charge < -0.3 is 4.74 Å². The number of azo groups is 1. The quantitative estimate of drug-likeness (QED) is 0.594. The van der Waals surface area contributed by atoms with Gasteiger partial charge in [-0.1, -0.05) is 24.8 Å². The molecule has 1 heterocycles. The molecule has 2 rings (SSSR count). The highest BCUT2D eigenvalue weighted by atomic mass is 19.1. The van der Waals surface area contributed by atoms with Crippen molar-refractivity contribution in [1.29, 1.82) is 0 Å². The molecule has 0 aliphatic heterocycles. The Balaban J connectivity index is 2.14. The molecule has 0 saturated carbocycles. The van der Waals surface area contributed by atoms with Crippen LogP contribution in [0.2, 0.25) is 0 Å². The Morgan fingerprint density at radius 3 is 2.73 bits per heavy atom. The summed E-state index contributed by atoms with van der Waals surface area (Å²) in [6.07, 6.45) is 2.48. The zero-order valence-electron chi connectivity index (χ0n) is 11.9.